The van der Waals surface area contributed by atoms with Gasteiger partial charge in [-0.15, -0.1) is 0 Å². The van der Waals surface area contributed by atoms with Crippen LogP contribution in [0.1, 0.15) is 23.2 Å². The number of likely N-dealkylation sites (tertiary alicyclic amines) is 1. The molecule has 2 aromatic carbocycles. The van der Waals surface area contributed by atoms with E-state index < -0.39 is 5.60 Å². The number of halogens is 1. The number of rotatable bonds is 3. The highest BCUT2D eigenvalue weighted by atomic mass is 19.1. The van der Waals surface area contributed by atoms with E-state index in [0.717, 1.165) is 0 Å². The van der Waals surface area contributed by atoms with Crippen LogP contribution < -0.4 is 9.64 Å². The van der Waals surface area contributed by atoms with E-state index in [9.17, 15) is 14.0 Å². The fourth-order valence-electron chi connectivity index (χ4n) is 4.01. The van der Waals surface area contributed by atoms with Crippen LogP contribution >= 0.6 is 0 Å². The number of anilines is 1. The molecule has 0 aliphatic carbocycles. The van der Waals surface area contributed by atoms with Crippen molar-refractivity contribution in [2.75, 3.05) is 38.3 Å². The van der Waals surface area contributed by atoms with E-state index in [1.165, 1.54) is 12.1 Å². The number of para-hydroxylation sites is 1. The third-order valence-electron chi connectivity index (χ3n) is 5.67. The predicted octanol–water partition coefficient (Wildman–Crippen LogP) is 2.87. The standard InChI is InChI=1S/C22H23FN2O4/c1-28-19-8-3-2-7-18(19)21(27)24-11-9-22(10-12-24)15-25(20(26)14-29-22)17-6-4-5-16(23)13-17/h2-8,13H,9-12,14-15H2,1H3. The van der Waals surface area contributed by atoms with E-state index in [4.69, 9.17) is 9.47 Å². The van der Waals surface area contributed by atoms with Crippen molar-refractivity contribution in [2.24, 2.45) is 0 Å². The van der Waals surface area contributed by atoms with Crippen LogP contribution in [0.15, 0.2) is 48.5 Å². The lowest BCUT2D eigenvalue weighted by Crippen LogP contribution is -2.59. The average Bonchev–Trinajstić information content (AvgIpc) is 2.75. The summed E-state index contributed by atoms with van der Waals surface area (Å²) in [6.07, 6.45) is 1.21. The minimum atomic E-state index is -0.530. The molecule has 0 atom stereocenters. The van der Waals surface area contributed by atoms with E-state index in [2.05, 4.69) is 0 Å². The van der Waals surface area contributed by atoms with Gasteiger partial charge in [0.05, 0.1) is 24.8 Å². The molecule has 2 heterocycles. The van der Waals surface area contributed by atoms with Gasteiger partial charge in [-0.25, -0.2) is 4.39 Å². The molecule has 2 amide bonds. The Morgan fingerprint density at radius 3 is 2.62 bits per heavy atom. The second kappa shape index (κ2) is 7.83. The maximum Gasteiger partial charge on any atom is 0.257 e. The van der Waals surface area contributed by atoms with Gasteiger partial charge >= 0.3 is 0 Å². The largest absolute Gasteiger partial charge is 0.496 e. The van der Waals surface area contributed by atoms with E-state index in [1.54, 1.807) is 41.2 Å². The summed E-state index contributed by atoms with van der Waals surface area (Å²) in [4.78, 5) is 28.7. The fraction of sp³-hybridized carbons (Fsp3) is 0.364. The summed E-state index contributed by atoms with van der Waals surface area (Å²) in [7, 11) is 1.55. The molecule has 2 aromatic rings. The molecule has 7 heteroatoms. The first-order valence-corrected chi connectivity index (χ1v) is 9.63. The van der Waals surface area contributed by atoms with Gasteiger partial charge in [0, 0.05) is 18.8 Å². The third kappa shape index (κ3) is 3.82. The van der Waals surface area contributed by atoms with Crippen LogP contribution in [0, 0.1) is 5.82 Å². The molecule has 0 bridgehead atoms. The van der Waals surface area contributed by atoms with Crippen molar-refractivity contribution in [3.63, 3.8) is 0 Å². The topological polar surface area (TPSA) is 59.1 Å². The third-order valence-corrected chi connectivity index (χ3v) is 5.67. The van der Waals surface area contributed by atoms with Crippen LogP contribution in [0.4, 0.5) is 10.1 Å². The lowest BCUT2D eigenvalue weighted by molar-refractivity contribution is -0.143. The number of carbonyl (C=O) groups is 2. The van der Waals surface area contributed by atoms with Crippen LogP contribution in [-0.4, -0.2) is 55.7 Å². The average molecular weight is 398 g/mol. The lowest BCUT2D eigenvalue weighted by Gasteiger charge is -2.47. The summed E-state index contributed by atoms with van der Waals surface area (Å²) >= 11 is 0. The molecule has 2 aliphatic heterocycles. The highest BCUT2D eigenvalue weighted by Crippen LogP contribution is 2.34. The summed E-state index contributed by atoms with van der Waals surface area (Å²) in [5, 5.41) is 0. The maximum absolute atomic E-state index is 13.6. The lowest BCUT2D eigenvalue weighted by atomic mass is 9.88. The van der Waals surface area contributed by atoms with Crippen LogP contribution in [0.3, 0.4) is 0 Å². The number of hydrogen-bond donors (Lipinski definition) is 0. The summed E-state index contributed by atoms with van der Waals surface area (Å²) in [6.45, 7) is 1.34. The van der Waals surface area contributed by atoms with E-state index in [0.29, 0.717) is 49.5 Å². The number of carbonyl (C=O) groups excluding carboxylic acids is 2. The number of hydrogen-bond acceptors (Lipinski definition) is 4. The maximum atomic E-state index is 13.6. The molecule has 29 heavy (non-hydrogen) atoms. The van der Waals surface area contributed by atoms with Gasteiger partial charge in [0.15, 0.2) is 0 Å². The molecule has 1 spiro atoms. The molecule has 0 N–H and O–H groups in total. The zero-order valence-electron chi connectivity index (χ0n) is 16.3. The quantitative estimate of drug-likeness (QED) is 0.798. The number of amides is 2. The van der Waals surface area contributed by atoms with Crippen molar-refractivity contribution in [3.05, 3.63) is 59.9 Å². The van der Waals surface area contributed by atoms with Gasteiger partial charge in [-0.05, 0) is 43.2 Å². The molecule has 2 aliphatic rings. The Kier molecular flexibility index (Phi) is 5.24. The normalized spacial score (nSPS) is 18.8. The minimum Gasteiger partial charge on any atom is -0.496 e. The molecule has 0 aromatic heterocycles. The number of ether oxygens (including phenoxy) is 2. The molecule has 6 nitrogen and oxygen atoms in total. The first kappa shape index (κ1) is 19.4. The number of nitrogens with zero attached hydrogens (tertiary/aromatic N) is 2. The molecule has 2 fully saturated rings. The van der Waals surface area contributed by atoms with Gasteiger partial charge in [0.2, 0.25) is 0 Å². The Labute approximate surface area is 168 Å². The van der Waals surface area contributed by atoms with Crippen LogP contribution in [0.2, 0.25) is 0 Å². The fourth-order valence-corrected chi connectivity index (χ4v) is 4.01. The van der Waals surface area contributed by atoms with Gasteiger partial charge in [-0.3, -0.25) is 9.59 Å². The summed E-state index contributed by atoms with van der Waals surface area (Å²) in [5.74, 6) is -0.0948. The van der Waals surface area contributed by atoms with Crippen LogP contribution in [0.25, 0.3) is 0 Å². The molecule has 0 saturated carbocycles. The zero-order chi connectivity index (χ0) is 20.4. The Morgan fingerprint density at radius 2 is 1.90 bits per heavy atom. The van der Waals surface area contributed by atoms with E-state index in [1.807, 2.05) is 12.1 Å². The van der Waals surface area contributed by atoms with Crippen LogP contribution in [0.5, 0.6) is 5.75 Å². The zero-order valence-corrected chi connectivity index (χ0v) is 16.3. The molecular weight excluding hydrogens is 375 g/mol. The van der Waals surface area contributed by atoms with Crippen molar-refractivity contribution in [3.8, 4) is 5.75 Å². The van der Waals surface area contributed by atoms with Crippen molar-refractivity contribution in [1.29, 1.82) is 0 Å². The smallest absolute Gasteiger partial charge is 0.257 e. The van der Waals surface area contributed by atoms with E-state index >= 15 is 0 Å². The molecule has 0 radical (unpaired) electrons. The Morgan fingerprint density at radius 1 is 1.14 bits per heavy atom. The first-order chi connectivity index (χ1) is 14.0. The first-order valence-electron chi connectivity index (χ1n) is 9.63. The van der Waals surface area contributed by atoms with Gasteiger partial charge in [-0.1, -0.05) is 18.2 Å². The molecule has 0 unspecified atom stereocenters. The van der Waals surface area contributed by atoms with Crippen LogP contribution in [-0.2, 0) is 9.53 Å². The number of piperidine rings is 1. The molecule has 152 valence electrons. The summed E-state index contributed by atoms with van der Waals surface area (Å²) in [6, 6.07) is 13.2. The van der Waals surface area contributed by atoms with Gasteiger partial charge in [-0.2, -0.15) is 0 Å². The molecule has 2 saturated heterocycles. The SMILES string of the molecule is COc1ccccc1C(=O)N1CCC2(CC1)CN(c1cccc(F)c1)C(=O)CO2. The highest BCUT2D eigenvalue weighted by Gasteiger charge is 2.43. The van der Waals surface area contributed by atoms with Crippen molar-refractivity contribution >= 4 is 17.5 Å². The van der Waals surface area contributed by atoms with Gasteiger partial charge < -0.3 is 19.3 Å². The van der Waals surface area contributed by atoms with Gasteiger partial charge in [0.25, 0.3) is 11.8 Å². The van der Waals surface area contributed by atoms with Crippen molar-refractivity contribution in [2.45, 2.75) is 18.4 Å². The number of morpholine rings is 1. The molecule has 4 rings (SSSR count). The Bertz CT molecular complexity index is 925. The summed E-state index contributed by atoms with van der Waals surface area (Å²) < 4.78 is 24.9. The minimum absolute atomic E-state index is 0.0447. The second-order valence-electron chi connectivity index (χ2n) is 7.42. The van der Waals surface area contributed by atoms with Crippen molar-refractivity contribution in [1.82, 2.24) is 4.90 Å². The number of methoxy groups -OCH3 is 1. The van der Waals surface area contributed by atoms with Crippen molar-refractivity contribution < 1.29 is 23.5 Å². The Hall–Kier alpha value is -2.93. The number of benzene rings is 2. The van der Waals surface area contributed by atoms with E-state index in [-0.39, 0.29) is 24.2 Å². The monoisotopic (exact) mass is 398 g/mol. The summed E-state index contributed by atoms with van der Waals surface area (Å²) in [5.41, 5.74) is 0.537. The van der Waals surface area contributed by atoms with Gasteiger partial charge in [0.1, 0.15) is 18.2 Å². The second-order valence-corrected chi connectivity index (χ2v) is 7.42. The highest BCUT2D eigenvalue weighted by molar-refractivity contribution is 5.97. The predicted molar refractivity (Wildman–Crippen MR) is 106 cm³/mol. The Balaban J connectivity index is 1.47. The molecular formula is C22H23FN2O4.